The van der Waals surface area contributed by atoms with Crippen LogP contribution in [0.3, 0.4) is 0 Å². The molecule has 0 aromatic rings. The average molecular weight is 479 g/mol. The Morgan fingerprint density at radius 2 is 1.88 bits per heavy atom. The number of nitrogens with zero attached hydrogens (tertiary/aromatic N) is 3. The van der Waals surface area contributed by atoms with Gasteiger partial charge >= 0.3 is 0 Å². The van der Waals surface area contributed by atoms with Crippen LogP contribution in [0.5, 0.6) is 0 Å². The first-order chi connectivity index (χ1) is 12.0. The fourth-order valence-electron chi connectivity index (χ4n) is 3.96. The van der Waals surface area contributed by atoms with Gasteiger partial charge in [-0.1, -0.05) is 6.42 Å². The number of piperidine rings is 2. The highest BCUT2D eigenvalue weighted by atomic mass is 127. The zero-order valence-corrected chi connectivity index (χ0v) is 19.3. The maximum atomic E-state index is 11.4. The average Bonchev–Trinajstić information content (AvgIpc) is 2.60. The van der Waals surface area contributed by atoms with Gasteiger partial charge in [0, 0.05) is 44.7 Å². The molecular weight excluding hydrogens is 441 g/mol. The first-order valence-electron chi connectivity index (χ1n) is 10.1. The molecule has 2 rings (SSSR count). The van der Waals surface area contributed by atoms with E-state index in [0.29, 0.717) is 18.1 Å². The molecule has 0 bridgehead atoms. The molecule has 0 aromatic carbocycles. The number of likely N-dealkylation sites (tertiary alicyclic amines) is 2. The molecule has 6 nitrogen and oxygen atoms in total. The third-order valence-electron chi connectivity index (χ3n) is 5.56. The van der Waals surface area contributed by atoms with E-state index in [0.717, 1.165) is 45.0 Å². The minimum absolute atomic E-state index is 0. The summed E-state index contributed by atoms with van der Waals surface area (Å²) in [5.74, 6) is 1.10. The Morgan fingerprint density at radius 3 is 2.46 bits per heavy atom. The van der Waals surface area contributed by atoms with E-state index in [4.69, 9.17) is 4.99 Å². The van der Waals surface area contributed by atoms with Crippen LogP contribution in [0.4, 0.5) is 0 Å². The number of aliphatic imine (C=N–C) groups is 1. The van der Waals surface area contributed by atoms with Gasteiger partial charge in [0.05, 0.1) is 6.54 Å². The zero-order chi connectivity index (χ0) is 18.2. The van der Waals surface area contributed by atoms with Crippen molar-refractivity contribution in [3.05, 3.63) is 0 Å². The summed E-state index contributed by atoms with van der Waals surface area (Å²) >= 11 is 0. The van der Waals surface area contributed by atoms with Crippen LogP contribution in [-0.2, 0) is 4.79 Å². The summed E-state index contributed by atoms with van der Waals surface area (Å²) in [7, 11) is 0. The van der Waals surface area contributed by atoms with Crippen LogP contribution >= 0.6 is 24.0 Å². The highest BCUT2D eigenvalue weighted by Gasteiger charge is 2.24. The number of halogens is 1. The van der Waals surface area contributed by atoms with Crippen molar-refractivity contribution < 1.29 is 4.79 Å². The maximum absolute atomic E-state index is 11.4. The van der Waals surface area contributed by atoms with E-state index in [2.05, 4.69) is 36.3 Å². The van der Waals surface area contributed by atoms with Gasteiger partial charge in [-0.15, -0.1) is 24.0 Å². The predicted octanol–water partition coefficient (Wildman–Crippen LogP) is 2.43. The second-order valence-electron chi connectivity index (χ2n) is 7.58. The summed E-state index contributed by atoms with van der Waals surface area (Å²) in [6, 6.07) is 1.55. The summed E-state index contributed by atoms with van der Waals surface area (Å²) in [6.45, 7) is 13.0. The Hall–Kier alpha value is -0.570. The summed E-state index contributed by atoms with van der Waals surface area (Å²) in [5, 5.41) is 6.94. The second kappa shape index (κ2) is 12.0. The van der Waals surface area contributed by atoms with Crippen molar-refractivity contribution in [1.82, 2.24) is 20.4 Å². The molecule has 0 radical (unpaired) electrons. The van der Waals surface area contributed by atoms with Gasteiger partial charge < -0.3 is 15.5 Å². The van der Waals surface area contributed by atoms with Crippen molar-refractivity contribution in [3.8, 4) is 0 Å². The quantitative estimate of drug-likeness (QED) is 0.362. The number of hydrogen-bond donors (Lipinski definition) is 2. The van der Waals surface area contributed by atoms with E-state index in [1.807, 2.05) is 4.90 Å². The topological polar surface area (TPSA) is 60.0 Å². The number of amides is 1. The lowest BCUT2D eigenvalue weighted by Crippen LogP contribution is -2.50. The van der Waals surface area contributed by atoms with Crippen molar-refractivity contribution in [1.29, 1.82) is 0 Å². The fraction of sp³-hybridized carbons (Fsp3) is 0.895. The van der Waals surface area contributed by atoms with Crippen LogP contribution in [0.25, 0.3) is 0 Å². The van der Waals surface area contributed by atoms with Gasteiger partial charge in [-0.25, -0.2) is 0 Å². The number of nitrogens with one attached hydrogen (secondary N) is 2. The van der Waals surface area contributed by atoms with Gasteiger partial charge in [-0.2, -0.15) is 0 Å². The van der Waals surface area contributed by atoms with Crippen LogP contribution in [0.1, 0.15) is 59.8 Å². The lowest BCUT2D eigenvalue weighted by molar-refractivity contribution is -0.129. The van der Waals surface area contributed by atoms with Crippen LogP contribution in [-0.4, -0.2) is 72.5 Å². The van der Waals surface area contributed by atoms with E-state index in [9.17, 15) is 4.79 Å². The van der Waals surface area contributed by atoms with E-state index >= 15 is 0 Å². The first kappa shape index (κ1) is 23.5. The normalized spacial score (nSPS) is 23.9. The van der Waals surface area contributed by atoms with E-state index < -0.39 is 0 Å². The van der Waals surface area contributed by atoms with Crippen molar-refractivity contribution in [2.24, 2.45) is 4.99 Å². The molecule has 2 N–H and O–H groups in total. The van der Waals surface area contributed by atoms with Crippen molar-refractivity contribution in [3.63, 3.8) is 0 Å². The lowest BCUT2D eigenvalue weighted by atomic mass is 10.0. The van der Waals surface area contributed by atoms with Gasteiger partial charge in [0.2, 0.25) is 5.91 Å². The number of carbonyl (C=O) groups is 1. The van der Waals surface area contributed by atoms with Gasteiger partial charge in [0.1, 0.15) is 0 Å². The van der Waals surface area contributed by atoms with Crippen molar-refractivity contribution in [2.75, 3.05) is 32.7 Å². The standard InChI is InChI=1S/C19H37N5O.HI/c1-5-20-19(22-18-9-12-23(13-10-18)17(4)25)21-14-16(3)24-11-7-6-8-15(24)2;/h15-16,18H,5-14H2,1-4H3,(H2,20,21,22);1H. The van der Waals surface area contributed by atoms with E-state index in [-0.39, 0.29) is 29.9 Å². The van der Waals surface area contributed by atoms with Crippen LogP contribution in [0, 0.1) is 0 Å². The Balaban J connectivity index is 0.00000338. The van der Waals surface area contributed by atoms with E-state index in [1.165, 1.54) is 25.8 Å². The Labute approximate surface area is 176 Å². The van der Waals surface area contributed by atoms with Gasteiger partial charge in [0.25, 0.3) is 0 Å². The summed E-state index contributed by atoms with van der Waals surface area (Å²) in [4.78, 5) is 20.8. The zero-order valence-electron chi connectivity index (χ0n) is 17.0. The molecule has 7 heteroatoms. The molecule has 2 atom stereocenters. The molecule has 1 amide bonds. The van der Waals surface area contributed by atoms with Crippen LogP contribution < -0.4 is 10.6 Å². The Morgan fingerprint density at radius 1 is 1.19 bits per heavy atom. The molecule has 0 spiro atoms. The maximum Gasteiger partial charge on any atom is 0.219 e. The Bertz CT molecular complexity index is 451. The van der Waals surface area contributed by atoms with Gasteiger partial charge in [-0.3, -0.25) is 14.7 Å². The van der Waals surface area contributed by atoms with Gasteiger partial charge in [-0.05, 0) is 53.0 Å². The highest BCUT2D eigenvalue weighted by molar-refractivity contribution is 14.0. The molecule has 0 aromatic heterocycles. The molecule has 2 fully saturated rings. The smallest absolute Gasteiger partial charge is 0.219 e. The lowest BCUT2D eigenvalue weighted by Gasteiger charge is -2.37. The number of hydrogen-bond acceptors (Lipinski definition) is 3. The summed E-state index contributed by atoms with van der Waals surface area (Å²) in [6.07, 6.45) is 5.95. The van der Waals surface area contributed by atoms with E-state index in [1.54, 1.807) is 6.92 Å². The molecule has 2 aliphatic rings. The monoisotopic (exact) mass is 479 g/mol. The minimum Gasteiger partial charge on any atom is -0.357 e. The minimum atomic E-state index is 0. The molecule has 2 unspecified atom stereocenters. The SMILES string of the molecule is CCNC(=NCC(C)N1CCCCC1C)NC1CCN(C(C)=O)CC1.I. The largest absolute Gasteiger partial charge is 0.357 e. The highest BCUT2D eigenvalue weighted by Crippen LogP contribution is 2.19. The van der Waals surface area contributed by atoms with Crippen molar-refractivity contribution >= 4 is 35.8 Å². The van der Waals surface area contributed by atoms with Crippen molar-refractivity contribution in [2.45, 2.75) is 77.9 Å². The number of carbonyl (C=O) groups excluding carboxylic acids is 1. The molecule has 152 valence electrons. The number of guanidine groups is 1. The molecule has 2 aliphatic heterocycles. The third-order valence-corrected chi connectivity index (χ3v) is 5.56. The first-order valence-corrected chi connectivity index (χ1v) is 10.1. The second-order valence-corrected chi connectivity index (χ2v) is 7.58. The Kier molecular flexibility index (Phi) is 10.8. The summed E-state index contributed by atoms with van der Waals surface area (Å²) < 4.78 is 0. The molecule has 2 heterocycles. The van der Waals surface area contributed by atoms with Crippen LogP contribution in [0.2, 0.25) is 0 Å². The predicted molar refractivity (Wildman–Crippen MR) is 119 cm³/mol. The summed E-state index contributed by atoms with van der Waals surface area (Å²) in [5.41, 5.74) is 0. The third kappa shape index (κ3) is 7.21. The molecular formula is C19H38IN5O. The molecule has 0 aliphatic carbocycles. The number of rotatable bonds is 5. The van der Waals surface area contributed by atoms with Crippen LogP contribution in [0.15, 0.2) is 4.99 Å². The molecule has 0 saturated carbocycles. The molecule has 2 saturated heterocycles. The fourth-order valence-corrected chi connectivity index (χ4v) is 3.96. The molecule has 26 heavy (non-hydrogen) atoms. The van der Waals surface area contributed by atoms with Gasteiger partial charge in [0.15, 0.2) is 5.96 Å².